The molecule has 0 aliphatic heterocycles. The van der Waals surface area contributed by atoms with Crippen LogP contribution in [0.25, 0.3) is 0 Å². The number of aliphatic hydroxyl groups excluding tert-OH is 1. The van der Waals surface area contributed by atoms with Gasteiger partial charge in [0, 0.05) is 13.0 Å². The third-order valence-corrected chi connectivity index (χ3v) is 4.33. The SMILES string of the molecule is O=C(C[C@@H]1CCc2ccccc21)N(CCO)Cc1ccco1. The average molecular weight is 299 g/mol. The summed E-state index contributed by atoms with van der Waals surface area (Å²) in [5.74, 6) is 1.11. The van der Waals surface area contributed by atoms with Crippen molar-refractivity contribution >= 4 is 5.91 Å². The minimum absolute atomic E-state index is 0.0340. The molecule has 1 aromatic heterocycles. The summed E-state index contributed by atoms with van der Waals surface area (Å²) in [6.07, 6.45) is 4.17. The van der Waals surface area contributed by atoms with Crippen LogP contribution in [-0.4, -0.2) is 29.1 Å². The molecule has 2 aromatic rings. The first-order chi connectivity index (χ1) is 10.8. The molecule has 1 aliphatic carbocycles. The predicted molar refractivity (Wildman–Crippen MR) is 83.3 cm³/mol. The van der Waals surface area contributed by atoms with Gasteiger partial charge in [0.2, 0.25) is 5.91 Å². The number of rotatable bonds is 6. The van der Waals surface area contributed by atoms with Gasteiger partial charge >= 0.3 is 0 Å². The van der Waals surface area contributed by atoms with Gasteiger partial charge in [-0.25, -0.2) is 0 Å². The van der Waals surface area contributed by atoms with Gasteiger partial charge < -0.3 is 14.4 Å². The van der Waals surface area contributed by atoms with Crippen LogP contribution in [-0.2, 0) is 17.8 Å². The van der Waals surface area contributed by atoms with E-state index in [9.17, 15) is 9.90 Å². The Morgan fingerprint density at radius 3 is 2.91 bits per heavy atom. The second kappa shape index (κ2) is 6.79. The van der Waals surface area contributed by atoms with Crippen LogP contribution in [0.1, 0.15) is 35.6 Å². The normalized spacial score (nSPS) is 16.5. The average Bonchev–Trinajstić information content (AvgIpc) is 3.17. The lowest BCUT2D eigenvalue weighted by atomic mass is 9.97. The maximum absolute atomic E-state index is 12.6. The van der Waals surface area contributed by atoms with E-state index >= 15 is 0 Å². The molecule has 0 saturated carbocycles. The number of aryl methyl sites for hydroxylation is 1. The van der Waals surface area contributed by atoms with Crippen molar-refractivity contribution in [2.75, 3.05) is 13.2 Å². The fraction of sp³-hybridized carbons (Fsp3) is 0.389. The van der Waals surface area contributed by atoms with Crippen LogP contribution in [0.15, 0.2) is 47.1 Å². The molecule has 4 heteroatoms. The largest absolute Gasteiger partial charge is 0.467 e. The summed E-state index contributed by atoms with van der Waals surface area (Å²) in [7, 11) is 0. The van der Waals surface area contributed by atoms with Gasteiger partial charge in [-0.1, -0.05) is 24.3 Å². The number of fused-ring (bicyclic) bond motifs is 1. The van der Waals surface area contributed by atoms with E-state index in [0.29, 0.717) is 25.4 Å². The van der Waals surface area contributed by atoms with Crippen LogP contribution in [0.3, 0.4) is 0 Å². The number of hydrogen-bond donors (Lipinski definition) is 1. The van der Waals surface area contributed by atoms with Crippen molar-refractivity contribution in [3.63, 3.8) is 0 Å². The summed E-state index contributed by atoms with van der Waals surface area (Å²) < 4.78 is 5.31. The van der Waals surface area contributed by atoms with Gasteiger partial charge in [0.25, 0.3) is 0 Å². The third kappa shape index (κ3) is 3.22. The summed E-state index contributed by atoms with van der Waals surface area (Å²) in [6.45, 7) is 0.725. The van der Waals surface area contributed by atoms with E-state index in [0.717, 1.165) is 18.6 Å². The number of furan rings is 1. The molecule has 0 radical (unpaired) electrons. The van der Waals surface area contributed by atoms with Crippen molar-refractivity contribution in [3.8, 4) is 0 Å². The van der Waals surface area contributed by atoms with Gasteiger partial charge in [0.1, 0.15) is 5.76 Å². The molecule has 116 valence electrons. The first-order valence-corrected chi connectivity index (χ1v) is 7.76. The molecule has 1 atom stereocenters. The second-order valence-corrected chi connectivity index (χ2v) is 5.76. The summed E-state index contributed by atoms with van der Waals surface area (Å²) in [6, 6.07) is 12.0. The number of amides is 1. The minimum atomic E-state index is -0.0340. The summed E-state index contributed by atoms with van der Waals surface area (Å²) in [5, 5.41) is 9.21. The molecule has 1 aromatic carbocycles. The molecule has 0 bridgehead atoms. The predicted octanol–water partition coefficient (Wildman–Crippen LogP) is 2.72. The fourth-order valence-corrected chi connectivity index (χ4v) is 3.20. The van der Waals surface area contributed by atoms with Crippen molar-refractivity contribution < 1.29 is 14.3 Å². The van der Waals surface area contributed by atoms with E-state index in [1.807, 2.05) is 18.2 Å². The highest BCUT2D eigenvalue weighted by Crippen LogP contribution is 2.35. The maximum atomic E-state index is 12.6. The lowest BCUT2D eigenvalue weighted by Gasteiger charge is -2.22. The number of carbonyl (C=O) groups is 1. The van der Waals surface area contributed by atoms with Gasteiger partial charge in [-0.15, -0.1) is 0 Å². The number of hydrogen-bond acceptors (Lipinski definition) is 3. The molecule has 3 rings (SSSR count). The quantitative estimate of drug-likeness (QED) is 0.892. The molecular formula is C18H21NO3. The first kappa shape index (κ1) is 14.9. The second-order valence-electron chi connectivity index (χ2n) is 5.76. The molecule has 1 amide bonds. The monoisotopic (exact) mass is 299 g/mol. The van der Waals surface area contributed by atoms with Crippen LogP contribution in [0.4, 0.5) is 0 Å². The van der Waals surface area contributed by atoms with Crippen molar-refractivity contribution in [2.45, 2.75) is 31.7 Å². The highest BCUT2D eigenvalue weighted by atomic mass is 16.3. The van der Waals surface area contributed by atoms with Crippen molar-refractivity contribution in [1.82, 2.24) is 4.90 Å². The molecule has 0 spiro atoms. The van der Waals surface area contributed by atoms with Gasteiger partial charge in [0.05, 0.1) is 19.4 Å². The number of carbonyl (C=O) groups excluding carboxylic acids is 1. The zero-order valence-electron chi connectivity index (χ0n) is 12.6. The Bertz CT molecular complexity index is 621. The molecule has 4 nitrogen and oxygen atoms in total. The standard InChI is InChI=1S/C18H21NO3/c20-10-9-19(13-16-5-3-11-22-16)18(21)12-15-8-7-14-4-1-2-6-17(14)15/h1-6,11,15,20H,7-10,12-13H2/t15-/m0/s1. The van der Waals surface area contributed by atoms with Gasteiger partial charge in [-0.2, -0.15) is 0 Å². The zero-order chi connectivity index (χ0) is 15.4. The van der Waals surface area contributed by atoms with Crippen LogP contribution >= 0.6 is 0 Å². The van der Waals surface area contributed by atoms with Crippen LogP contribution in [0.2, 0.25) is 0 Å². The Hall–Kier alpha value is -2.07. The molecule has 1 aliphatic rings. The van der Waals surface area contributed by atoms with Crippen molar-refractivity contribution in [3.05, 3.63) is 59.5 Å². The van der Waals surface area contributed by atoms with E-state index < -0.39 is 0 Å². The molecule has 1 heterocycles. The summed E-state index contributed by atoms with van der Waals surface area (Å²) in [5.41, 5.74) is 2.66. The highest BCUT2D eigenvalue weighted by Gasteiger charge is 2.26. The highest BCUT2D eigenvalue weighted by molar-refractivity contribution is 5.77. The molecule has 0 fully saturated rings. The molecule has 22 heavy (non-hydrogen) atoms. The Morgan fingerprint density at radius 1 is 1.27 bits per heavy atom. The lowest BCUT2D eigenvalue weighted by Crippen LogP contribution is -2.33. The molecular weight excluding hydrogens is 278 g/mol. The van der Waals surface area contributed by atoms with Crippen LogP contribution < -0.4 is 0 Å². The Labute approximate surface area is 130 Å². The summed E-state index contributed by atoms with van der Waals surface area (Å²) in [4.78, 5) is 14.3. The Balaban J connectivity index is 1.67. The number of aliphatic hydroxyl groups is 1. The Kier molecular flexibility index (Phi) is 4.59. The molecule has 1 N–H and O–H groups in total. The van der Waals surface area contributed by atoms with E-state index in [2.05, 4.69) is 18.2 Å². The van der Waals surface area contributed by atoms with Crippen molar-refractivity contribution in [2.24, 2.45) is 0 Å². The number of nitrogens with zero attached hydrogens (tertiary/aromatic N) is 1. The fourth-order valence-electron chi connectivity index (χ4n) is 3.20. The van der Waals surface area contributed by atoms with E-state index in [4.69, 9.17) is 4.42 Å². The first-order valence-electron chi connectivity index (χ1n) is 7.76. The maximum Gasteiger partial charge on any atom is 0.223 e. The van der Waals surface area contributed by atoms with E-state index in [-0.39, 0.29) is 12.5 Å². The van der Waals surface area contributed by atoms with Crippen molar-refractivity contribution in [1.29, 1.82) is 0 Å². The van der Waals surface area contributed by atoms with E-state index in [1.54, 1.807) is 11.2 Å². The number of benzene rings is 1. The van der Waals surface area contributed by atoms with E-state index in [1.165, 1.54) is 11.1 Å². The van der Waals surface area contributed by atoms with Crippen LogP contribution in [0, 0.1) is 0 Å². The van der Waals surface area contributed by atoms with Gasteiger partial charge in [0.15, 0.2) is 0 Å². The topological polar surface area (TPSA) is 53.7 Å². The van der Waals surface area contributed by atoms with Gasteiger partial charge in [-0.05, 0) is 42.0 Å². The molecule has 0 unspecified atom stereocenters. The zero-order valence-corrected chi connectivity index (χ0v) is 12.6. The smallest absolute Gasteiger partial charge is 0.223 e. The third-order valence-electron chi connectivity index (χ3n) is 4.33. The lowest BCUT2D eigenvalue weighted by molar-refractivity contribution is -0.133. The Morgan fingerprint density at radius 2 is 2.14 bits per heavy atom. The van der Waals surface area contributed by atoms with Crippen LogP contribution in [0.5, 0.6) is 0 Å². The minimum Gasteiger partial charge on any atom is -0.467 e. The molecule has 0 saturated heterocycles. The summed E-state index contributed by atoms with van der Waals surface area (Å²) >= 11 is 0. The van der Waals surface area contributed by atoms with Gasteiger partial charge in [-0.3, -0.25) is 4.79 Å².